The summed E-state index contributed by atoms with van der Waals surface area (Å²) >= 11 is 0. The number of hydrogen-bond acceptors (Lipinski definition) is 5. The third-order valence-corrected chi connectivity index (χ3v) is 4.63. The van der Waals surface area contributed by atoms with Crippen molar-refractivity contribution in [2.24, 2.45) is 11.7 Å². The zero-order chi connectivity index (χ0) is 14.8. The first-order chi connectivity index (χ1) is 10.1. The fraction of sp³-hybridized carbons (Fsp3) is 0.733. The zero-order valence-corrected chi connectivity index (χ0v) is 15.1. The van der Waals surface area contributed by atoms with E-state index in [4.69, 9.17) is 10.3 Å². The highest BCUT2D eigenvalue weighted by Gasteiger charge is 2.34. The summed E-state index contributed by atoms with van der Waals surface area (Å²) in [5, 5.41) is 3.91. The number of nitrogens with zero attached hydrogens (tertiary/aromatic N) is 3. The predicted octanol–water partition coefficient (Wildman–Crippen LogP) is 1.60. The average molecular weight is 365 g/mol. The molecule has 0 bridgehead atoms. The molecule has 0 spiro atoms. The molecule has 2 heterocycles. The fourth-order valence-electron chi connectivity index (χ4n) is 3.37. The highest BCUT2D eigenvalue weighted by molar-refractivity contribution is 5.85. The summed E-state index contributed by atoms with van der Waals surface area (Å²) in [6.45, 7) is 6.03. The maximum absolute atomic E-state index is 12.5. The Labute approximate surface area is 149 Å². The molecule has 1 saturated carbocycles. The Bertz CT molecular complexity index is 503. The molecule has 1 saturated heterocycles. The van der Waals surface area contributed by atoms with Gasteiger partial charge in [-0.1, -0.05) is 11.6 Å². The van der Waals surface area contributed by atoms with E-state index in [9.17, 15) is 4.79 Å². The fourth-order valence-corrected chi connectivity index (χ4v) is 3.37. The molecular formula is C15H26Cl2N4O2. The molecule has 1 aromatic heterocycles. The van der Waals surface area contributed by atoms with Gasteiger partial charge in [0.15, 0.2) is 5.76 Å². The molecule has 3 rings (SSSR count). The number of aromatic nitrogens is 1. The lowest BCUT2D eigenvalue weighted by atomic mass is 10.0. The van der Waals surface area contributed by atoms with E-state index >= 15 is 0 Å². The lowest BCUT2D eigenvalue weighted by Gasteiger charge is -2.36. The quantitative estimate of drug-likeness (QED) is 0.881. The minimum atomic E-state index is 0. The van der Waals surface area contributed by atoms with Crippen LogP contribution in [0.4, 0.5) is 0 Å². The van der Waals surface area contributed by atoms with Gasteiger partial charge in [0.2, 0.25) is 5.91 Å². The van der Waals surface area contributed by atoms with Crippen LogP contribution in [0.25, 0.3) is 0 Å². The topological polar surface area (TPSA) is 75.6 Å². The molecule has 6 nitrogen and oxygen atoms in total. The predicted molar refractivity (Wildman–Crippen MR) is 92.9 cm³/mol. The van der Waals surface area contributed by atoms with Crippen LogP contribution in [0.5, 0.6) is 0 Å². The number of amides is 1. The second kappa shape index (κ2) is 8.87. The van der Waals surface area contributed by atoms with Gasteiger partial charge in [0.05, 0.1) is 18.2 Å². The van der Waals surface area contributed by atoms with Gasteiger partial charge < -0.3 is 15.2 Å². The number of rotatable bonds is 3. The molecule has 23 heavy (non-hydrogen) atoms. The van der Waals surface area contributed by atoms with Crippen LogP contribution >= 0.6 is 24.8 Å². The third kappa shape index (κ3) is 4.83. The number of carbonyl (C=O) groups is 1. The van der Waals surface area contributed by atoms with E-state index in [1.165, 1.54) is 0 Å². The van der Waals surface area contributed by atoms with Crippen molar-refractivity contribution < 1.29 is 9.32 Å². The molecule has 2 fully saturated rings. The minimum Gasteiger partial charge on any atom is -0.360 e. The van der Waals surface area contributed by atoms with Crippen LogP contribution in [-0.4, -0.2) is 53.1 Å². The van der Waals surface area contributed by atoms with Gasteiger partial charge in [0.1, 0.15) is 0 Å². The number of piperazine rings is 1. The Balaban J connectivity index is 0.00000132. The number of hydrogen-bond donors (Lipinski definition) is 1. The molecule has 1 aliphatic heterocycles. The summed E-state index contributed by atoms with van der Waals surface area (Å²) in [7, 11) is 0. The van der Waals surface area contributed by atoms with Crippen LogP contribution in [0.3, 0.4) is 0 Å². The van der Waals surface area contributed by atoms with Gasteiger partial charge in [-0.05, 0) is 19.8 Å². The van der Waals surface area contributed by atoms with E-state index in [0.717, 1.165) is 63.4 Å². The monoisotopic (exact) mass is 364 g/mol. The number of carbonyl (C=O) groups excluding carboxylic acids is 1. The summed E-state index contributed by atoms with van der Waals surface area (Å²) in [5.74, 6) is 1.20. The van der Waals surface area contributed by atoms with Crippen LogP contribution in [0.15, 0.2) is 10.6 Å². The molecule has 0 radical (unpaired) electrons. The van der Waals surface area contributed by atoms with E-state index in [1.54, 1.807) is 0 Å². The Morgan fingerprint density at radius 1 is 1.30 bits per heavy atom. The first kappa shape index (κ1) is 20.2. The number of halogens is 2. The summed E-state index contributed by atoms with van der Waals surface area (Å²) in [4.78, 5) is 16.8. The second-order valence-electron chi connectivity index (χ2n) is 6.24. The van der Waals surface area contributed by atoms with Gasteiger partial charge in [-0.2, -0.15) is 0 Å². The van der Waals surface area contributed by atoms with Gasteiger partial charge in [-0.25, -0.2) is 0 Å². The van der Waals surface area contributed by atoms with Gasteiger partial charge >= 0.3 is 0 Å². The Morgan fingerprint density at radius 3 is 2.52 bits per heavy atom. The van der Waals surface area contributed by atoms with Gasteiger partial charge in [0, 0.05) is 38.3 Å². The van der Waals surface area contributed by atoms with Crippen LogP contribution in [0.2, 0.25) is 0 Å². The van der Waals surface area contributed by atoms with Crippen molar-refractivity contribution in [2.75, 3.05) is 26.2 Å². The van der Waals surface area contributed by atoms with E-state index in [1.807, 2.05) is 17.9 Å². The third-order valence-electron chi connectivity index (χ3n) is 4.63. The van der Waals surface area contributed by atoms with Crippen molar-refractivity contribution in [1.82, 2.24) is 15.0 Å². The molecule has 2 unspecified atom stereocenters. The largest absolute Gasteiger partial charge is 0.360 e. The van der Waals surface area contributed by atoms with E-state index in [0.29, 0.717) is 0 Å². The average Bonchev–Trinajstić information content (AvgIpc) is 3.08. The van der Waals surface area contributed by atoms with Crippen LogP contribution in [0, 0.1) is 12.8 Å². The summed E-state index contributed by atoms with van der Waals surface area (Å²) in [6.07, 6.45) is 3.03. The summed E-state index contributed by atoms with van der Waals surface area (Å²) in [6, 6.07) is 2.03. The molecule has 2 atom stereocenters. The van der Waals surface area contributed by atoms with E-state index in [2.05, 4.69) is 10.1 Å². The lowest BCUT2D eigenvalue weighted by Crippen LogP contribution is -2.51. The maximum Gasteiger partial charge on any atom is 0.227 e. The SMILES string of the molecule is Cc1cc(CN2CCN(C(=O)C3CCCC3N)CC2)on1.Cl.Cl. The summed E-state index contributed by atoms with van der Waals surface area (Å²) < 4.78 is 5.25. The Hall–Kier alpha value is -0.820. The number of aryl methyl sites for hydroxylation is 1. The van der Waals surface area contributed by atoms with Crippen molar-refractivity contribution in [3.05, 3.63) is 17.5 Å². The minimum absolute atomic E-state index is 0. The van der Waals surface area contributed by atoms with Gasteiger partial charge in [-0.3, -0.25) is 9.69 Å². The van der Waals surface area contributed by atoms with Crippen molar-refractivity contribution in [3.8, 4) is 0 Å². The molecular weight excluding hydrogens is 339 g/mol. The molecule has 1 aromatic rings. The van der Waals surface area contributed by atoms with Crippen LogP contribution < -0.4 is 5.73 Å². The first-order valence-electron chi connectivity index (χ1n) is 7.82. The highest BCUT2D eigenvalue weighted by atomic mass is 35.5. The molecule has 2 aliphatic rings. The maximum atomic E-state index is 12.5. The molecule has 1 amide bonds. The Kier molecular flexibility index (Phi) is 7.80. The van der Waals surface area contributed by atoms with Crippen molar-refractivity contribution in [2.45, 2.75) is 38.8 Å². The van der Waals surface area contributed by atoms with Crippen LogP contribution in [0.1, 0.15) is 30.7 Å². The van der Waals surface area contributed by atoms with Crippen LogP contribution in [-0.2, 0) is 11.3 Å². The molecule has 8 heteroatoms. The zero-order valence-electron chi connectivity index (χ0n) is 13.4. The van der Waals surface area contributed by atoms with Gasteiger partial charge in [-0.15, -0.1) is 24.8 Å². The molecule has 2 N–H and O–H groups in total. The Morgan fingerprint density at radius 2 is 2.00 bits per heavy atom. The standard InChI is InChI=1S/C15H24N4O2.2ClH/c1-11-9-12(21-17-11)10-18-5-7-19(8-6-18)15(20)13-3-2-4-14(13)16;;/h9,13-14H,2-8,10,16H2,1H3;2*1H. The van der Waals surface area contributed by atoms with Gasteiger partial charge in [0.25, 0.3) is 0 Å². The lowest BCUT2D eigenvalue weighted by molar-refractivity contribution is -0.137. The highest BCUT2D eigenvalue weighted by Crippen LogP contribution is 2.26. The molecule has 132 valence electrons. The van der Waals surface area contributed by atoms with Crippen molar-refractivity contribution in [1.29, 1.82) is 0 Å². The number of nitrogens with two attached hydrogens (primary N) is 1. The molecule has 1 aliphatic carbocycles. The molecule has 0 aromatic carbocycles. The second-order valence-corrected chi connectivity index (χ2v) is 6.24. The summed E-state index contributed by atoms with van der Waals surface area (Å²) in [5.41, 5.74) is 6.95. The van der Waals surface area contributed by atoms with E-state index in [-0.39, 0.29) is 42.7 Å². The normalized spacial score (nSPS) is 24.9. The van der Waals surface area contributed by atoms with E-state index < -0.39 is 0 Å². The van der Waals surface area contributed by atoms with Crippen molar-refractivity contribution >= 4 is 30.7 Å². The smallest absolute Gasteiger partial charge is 0.227 e. The van der Waals surface area contributed by atoms with Crippen molar-refractivity contribution in [3.63, 3.8) is 0 Å². The first-order valence-corrected chi connectivity index (χ1v) is 7.82.